The lowest BCUT2D eigenvalue weighted by Crippen LogP contribution is -2.42. The number of halogens is 1. The highest BCUT2D eigenvalue weighted by molar-refractivity contribution is 5.98. The van der Waals surface area contributed by atoms with Crippen LogP contribution in [0.3, 0.4) is 0 Å². The summed E-state index contributed by atoms with van der Waals surface area (Å²) in [5, 5.41) is 11.9. The number of nitrogens with zero attached hydrogens (tertiary/aromatic N) is 1. The van der Waals surface area contributed by atoms with E-state index in [-0.39, 0.29) is 23.8 Å². The number of amides is 2. The van der Waals surface area contributed by atoms with Crippen molar-refractivity contribution < 1.29 is 19.1 Å². The Labute approximate surface area is 116 Å². The minimum absolute atomic E-state index is 0.144. The summed E-state index contributed by atoms with van der Waals surface area (Å²) < 4.78 is 13.0. The zero-order chi connectivity index (χ0) is 14.5. The number of rotatable bonds is 3. The molecule has 1 aliphatic heterocycles. The van der Waals surface area contributed by atoms with E-state index < -0.39 is 11.7 Å². The van der Waals surface area contributed by atoms with Gasteiger partial charge in [-0.3, -0.25) is 9.59 Å². The van der Waals surface area contributed by atoms with Crippen LogP contribution in [0.2, 0.25) is 0 Å². The van der Waals surface area contributed by atoms with Crippen LogP contribution in [0.5, 0.6) is 5.75 Å². The molecule has 5 nitrogen and oxygen atoms in total. The molecule has 0 aliphatic carbocycles. The van der Waals surface area contributed by atoms with Crippen LogP contribution in [0.15, 0.2) is 18.2 Å². The predicted octanol–water partition coefficient (Wildman–Crippen LogP) is 1.27. The standard InChI is InChI=1S/C14H17FN2O3/c15-10-4-5-12(18)11(8-10)14(20)16-9-13(19)17-6-2-1-3-7-17/h4-5,8,18H,1-3,6-7,9H2,(H,16,20). The summed E-state index contributed by atoms with van der Waals surface area (Å²) in [7, 11) is 0. The summed E-state index contributed by atoms with van der Waals surface area (Å²) in [5.41, 5.74) is -0.170. The Balaban J connectivity index is 1.91. The predicted molar refractivity (Wildman–Crippen MR) is 70.8 cm³/mol. The number of piperidine rings is 1. The van der Waals surface area contributed by atoms with E-state index in [9.17, 15) is 19.1 Å². The normalized spacial score (nSPS) is 14.9. The number of benzene rings is 1. The van der Waals surface area contributed by atoms with Crippen LogP contribution < -0.4 is 5.32 Å². The molecule has 2 N–H and O–H groups in total. The van der Waals surface area contributed by atoms with E-state index in [0.29, 0.717) is 13.1 Å². The van der Waals surface area contributed by atoms with Gasteiger partial charge < -0.3 is 15.3 Å². The van der Waals surface area contributed by atoms with Crippen molar-refractivity contribution in [1.29, 1.82) is 0 Å². The molecule has 1 heterocycles. The van der Waals surface area contributed by atoms with Gasteiger partial charge in [0.05, 0.1) is 12.1 Å². The molecule has 1 aromatic carbocycles. The summed E-state index contributed by atoms with van der Waals surface area (Å²) in [6.45, 7) is 1.27. The molecular formula is C14H17FN2O3. The highest BCUT2D eigenvalue weighted by Gasteiger charge is 2.18. The Kier molecular flexibility index (Phi) is 4.55. The van der Waals surface area contributed by atoms with Crippen molar-refractivity contribution in [2.24, 2.45) is 0 Å². The SMILES string of the molecule is O=C(NCC(=O)N1CCCCC1)c1cc(F)ccc1O. The summed E-state index contributed by atoms with van der Waals surface area (Å²) in [6.07, 6.45) is 3.07. The number of aromatic hydroxyl groups is 1. The number of hydrogen-bond acceptors (Lipinski definition) is 3. The fourth-order valence-electron chi connectivity index (χ4n) is 2.20. The van der Waals surface area contributed by atoms with Crippen LogP contribution >= 0.6 is 0 Å². The van der Waals surface area contributed by atoms with Crippen LogP contribution in [0.4, 0.5) is 4.39 Å². The maximum absolute atomic E-state index is 13.0. The van der Waals surface area contributed by atoms with Gasteiger partial charge in [-0.15, -0.1) is 0 Å². The molecule has 0 radical (unpaired) electrons. The largest absolute Gasteiger partial charge is 0.507 e. The number of phenols is 1. The van der Waals surface area contributed by atoms with E-state index in [1.54, 1.807) is 4.90 Å². The van der Waals surface area contributed by atoms with Crippen LogP contribution in [-0.4, -0.2) is 41.5 Å². The zero-order valence-electron chi connectivity index (χ0n) is 11.1. The molecule has 0 aromatic heterocycles. The number of carbonyl (C=O) groups is 2. The van der Waals surface area contributed by atoms with E-state index >= 15 is 0 Å². The first kappa shape index (κ1) is 14.3. The maximum Gasteiger partial charge on any atom is 0.255 e. The fraction of sp³-hybridized carbons (Fsp3) is 0.429. The molecule has 1 saturated heterocycles. The molecule has 0 atom stereocenters. The summed E-state index contributed by atoms with van der Waals surface area (Å²) >= 11 is 0. The first-order valence-electron chi connectivity index (χ1n) is 6.62. The van der Waals surface area contributed by atoms with E-state index in [1.165, 1.54) is 0 Å². The Hall–Kier alpha value is -2.11. The lowest BCUT2D eigenvalue weighted by Gasteiger charge is -2.26. The number of nitrogens with one attached hydrogen (secondary N) is 1. The molecular weight excluding hydrogens is 263 g/mol. The topological polar surface area (TPSA) is 69.6 Å². The molecule has 0 bridgehead atoms. The summed E-state index contributed by atoms with van der Waals surface area (Å²) in [5.74, 6) is -1.74. The van der Waals surface area contributed by atoms with Gasteiger partial charge in [-0.25, -0.2) is 4.39 Å². The number of carbonyl (C=O) groups excluding carboxylic acids is 2. The van der Waals surface area contributed by atoms with Crippen LogP contribution in [-0.2, 0) is 4.79 Å². The molecule has 1 fully saturated rings. The molecule has 0 unspecified atom stereocenters. The van der Waals surface area contributed by atoms with Gasteiger partial charge in [0.1, 0.15) is 11.6 Å². The second kappa shape index (κ2) is 6.36. The fourth-order valence-corrected chi connectivity index (χ4v) is 2.20. The lowest BCUT2D eigenvalue weighted by atomic mass is 10.1. The second-order valence-corrected chi connectivity index (χ2v) is 4.79. The monoisotopic (exact) mass is 280 g/mol. The molecule has 0 saturated carbocycles. The third kappa shape index (κ3) is 3.46. The van der Waals surface area contributed by atoms with Crippen molar-refractivity contribution >= 4 is 11.8 Å². The first-order valence-corrected chi connectivity index (χ1v) is 6.62. The van der Waals surface area contributed by atoms with Crippen molar-refractivity contribution in [3.8, 4) is 5.75 Å². The first-order chi connectivity index (χ1) is 9.58. The van der Waals surface area contributed by atoms with Crippen LogP contribution in [0.1, 0.15) is 29.6 Å². The molecule has 20 heavy (non-hydrogen) atoms. The van der Waals surface area contributed by atoms with E-state index in [0.717, 1.165) is 37.5 Å². The molecule has 108 valence electrons. The molecule has 2 rings (SSSR count). The summed E-state index contributed by atoms with van der Waals surface area (Å²) in [4.78, 5) is 25.4. The Morgan fingerprint density at radius 3 is 2.65 bits per heavy atom. The summed E-state index contributed by atoms with van der Waals surface area (Å²) in [6, 6.07) is 3.11. The smallest absolute Gasteiger partial charge is 0.255 e. The average molecular weight is 280 g/mol. The lowest BCUT2D eigenvalue weighted by molar-refractivity contribution is -0.130. The Morgan fingerprint density at radius 1 is 1.25 bits per heavy atom. The van der Waals surface area contributed by atoms with Gasteiger partial charge in [0.2, 0.25) is 5.91 Å². The van der Waals surface area contributed by atoms with Crippen LogP contribution in [0.25, 0.3) is 0 Å². The van der Waals surface area contributed by atoms with Crippen molar-refractivity contribution in [1.82, 2.24) is 10.2 Å². The Morgan fingerprint density at radius 2 is 1.95 bits per heavy atom. The van der Waals surface area contributed by atoms with E-state index in [2.05, 4.69) is 5.32 Å². The van der Waals surface area contributed by atoms with Gasteiger partial charge in [0, 0.05) is 13.1 Å². The zero-order valence-corrected chi connectivity index (χ0v) is 11.1. The molecule has 1 aliphatic rings. The van der Waals surface area contributed by atoms with Crippen molar-refractivity contribution in [3.05, 3.63) is 29.6 Å². The van der Waals surface area contributed by atoms with Gasteiger partial charge >= 0.3 is 0 Å². The highest BCUT2D eigenvalue weighted by atomic mass is 19.1. The highest BCUT2D eigenvalue weighted by Crippen LogP contribution is 2.17. The van der Waals surface area contributed by atoms with Crippen molar-refractivity contribution in [2.45, 2.75) is 19.3 Å². The Bertz CT molecular complexity index is 513. The van der Waals surface area contributed by atoms with Gasteiger partial charge in [-0.05, 0) is 37.5 Å². The van der Waals surface area contributed by atoms with Gasteiger partial charge in [-0.2, -0.15) is 0 Å². The van der Waals surface area contributed by atoms with Gasteiger partial charge in [0.25, 0.3) is 5.91 Å². The number of phenolic OH excluding ortho intramolecular Hbond substituents is 1. The average Bonchev–Trinajstić information content (AvgIpc) is 2.47. The van der Waals surface area contributed by atoms with E-state index in [4.69, 9.17) is 0 Å². The quantitative estimate of drug-likeness (QED) is 0.876. The number of likely N-dealkylation sites (tertiary alicyclic amines) is 1. The molecule has 0 spiro atoms. The second-order valence-electron chi connectivity index (χ2n) is 4.79. The van der Waals surface area contributed by atoms with E-state index in [1.807, 2.05) is 0 Å². The van der Waals surface area contributed by atoms with Crippen LogP contribution in [0, 0.1) is 5.82 Å². The van der Waals surface area contributed by atoms with Gasteiger partial charge in [-0.1, -0.05) is 0 Å². The molecule has 2 amide bonds. The minimum atomic E-state index is -0.660. The van der Waals surface area contributed by atoms with Crippen molar-refractivity contribution in [2.75, 3.05) is 19.6 Å². The maximum atomic E-state index is 13.0. The third-order valence-electron chi connectivity index (χ3n) is 3.31. The van der Waals surface area contributed by atoms with Crippen molar-refractivity contribution in [3.63, 3.8) is 0 Å². The number of hydrogen-bond donors (Lipinski definition) is 2. The third-order valence-corrected chi connectivity index (χ3v) is 3.31. The minimum Gasteiger partial charge on any atom is -0.507 e. The molecule has 6 heteroatoms. The molecule has 1 aromatic rings. The van der Waals surface area contributed by atoms with Gasteiger partial charge in [0.15, 0.2) is 0 Å².